The SMILES string of the molecule is CC[C@@H](C)c1ccc(NC(=O)CC(C)=O)cc1. The summed E-state index contributed by atoms with van der Waals surface area (Å²) in [6.45, 7) is 5.72. The number of carbonyl (C=O) groups is 2. The van der Waals surface area contributed by atoms with Gasteiger partial charge >= 0.3 is 0 Å². The summed E-state index contributed by atoms with van der Waals surface area (Å²) in [5.74, 6) is 0.143. The second-order valence-electron chi connectivity index (χ2n) is 4.36. The molecule has 0 heterocycles. The maximum atomic E-state index is 11.4. The van der Waals surface area contributed by atoms with Crippen molar-refractivity contribution in [2.24, 2.45) is 0 Å². The van der Waals surface area contributed by atoms with Gasteiger partial charge in [0.1, 0.15) is 5.78 Å². The molecule has 1 aromatic rings. The van der Waals surface area contributed by atoms with Gasteiger partial charge in [-0.3, -0.25) is 9.59 Å². The third-order valence-corrected chi connectivity index (χ3v) is 2.79. The molecule has 1 rings (SSSR count). The third-order valence-electron chi connectivity index (χ3n) is 2.79. The van der Waals surface area contributed by atoms with Gasteiger partial charge in [0.2, 0.25) is 5.91 Å². The van der Waals surface area contributed by atoms with Crippen molar-refractivity contribution in [3.05, 3.63) is 29.8 Å². The molecule has 1 atom stereocenters. The first kappa shape index (κ1) is 13.4. The van der Waals surface area contributed by atoms with Crippen LogP contribution in [0, 0.1) is 0 Å². The van der Waals surface area contributed by atoms with E-state index in [4.69, 9.17) is 0 Å². The molecule has 1 N–H and O–H groups in total. The van der Waals surface area contributed by atoms with E-state index < -0.39 is 0 Å². The minimum absolute atomic E-state index is 0.0624. The summed E-state index contributed by atoms with van der Waals surface area (Å²) in [4.78, 5) is 22.1. The molecule has 3 nitrogen and oxygen atoms in total. The molecule has 0 bridgehead atoms. The van der Waals surface area contributed by atoms with Crippen LogP contribution in [0.4, 0.5) is 5.69 Å². The molecule has 3 heteroatoms. The van der Waals surface area contributed by atoms with Gasteiger partial charge in [-0.15, -0.1) is 0 Å². The number of hydrogen-bond donors (Lipinski definition) is 1. The van der Waals surface area contributed by atoms with Gasteiger partial charge in [0, 0.05) is 5.69 Å². The normalized spacial score (nSPS) is 11.9. The van der Waals surface area contributed by atoms with Crippen molar-refractivity contribution in [3.8, 4) is 0 Å². The lowest BCUT2D eigenvalue weighted by Crippen LogP contribution is -2.14. The number of amides is 1. The predicted molar refractivity (Wildman–Crippen MR) is 69.1 cm³/mol. The lowest BCUT2D eigenvalue weighted by Gasteiger charge is -2.10. The molecule has 0 aliphatic carbocycles. The molecule has 17 heavy (non-hydrogen) atoms. The van der Waals surface area contributed by atoms with E-state index in [1.807, 2.05) is 24.3 Å². The highest BCUT2D eigenvalue weighted by Gasteiger charge is 2.06. The minimum atomic E-state index is -0.256. The van der Waals surface area contributed by atoms with Crippen LogP contribution in [0.1, 0.15) is 45.1 Å². The highest BCUT2D eigenvalue weighted by Crippen LogP contribution is 2.20. The molecule has 0 aliphatic rings. The number of Topliss-reactive ketones (excluding diaryl/α,β-unsaturated/α-hetero) is 1. The van der Waals surface area contributed by atoms with E-state index in [1.54, 1.807) is 0 Å². The molecule has 0 saturated heterocycles. The lowest BCUT2D eigenvalue weighted by molar-refractivity contribution is -0.124. The van der Waals surface area contributed by atoms with E-state index in [0.29, 0.717) is 5.92 Å². The molecule has 0 fully saturated rings. The van der Waals surface area contributed by atoms with Gasteiger partial charge in [-0.2, -0.15) is 0 Å². The van der Waals surface area contributed by atoms with Crippen LogP contribution in [0.25, 0.3) is 0 Å². The first-order valence-corrected chi connectivity index (χ1v) is 5.92. The summed E-state index contributed by atoms with van der Waals surface area (Å²) in [5, 5.41) is 2.70. The average molecular weight is 233 g/mol. The molecule has 0 saturated carbocycles. The Balaban J connectivity index is 2.62. The van der Waals surface area contributed by atoms with Crippen molar-refractivity contribution in [2.45, 2.75) is 39.5 Å². The second-order valence-corrected chi connectivity index (χ2v) is 4.36. The van der Waals surface area contributed by atoms with E-state index in [9.17, 15) is 9.59 Å². The Morgan fingerprint density at radius 2 is 1.82 bits per heavy atom. The van der Waals surface area contributed by atoms with Crippen molar-refractivity contribution < 1.29 is 9.59 Å². The van der Waals surface area contributed by atoms with Crippen LogP contribution in [0.5, 0.6) is 0 Å². The maximum absolute atomic E-state index is 11.4. The highest BCUT2D eigenvalue weighted by atomic mass is 16.2. The van der Waals surface area contributed by atoms with Gasteiger partial charge in [-0.25, -0.2) is 0 Å². The number of carbonyl (C=O) groups excluding carboxylic acids is 2. The Bertz CT molecular complexity index is 395. The van der Waals surface area contributed by atoms with Crippen LogP contribution >= 0.6 is 0 Å². The van der Waals surface area contributed by atoms with Crippen LogP contribution in [0.3, 0.4) is 0 Å². The van der Waals surface area contributed by atoms with Gasteiger partial charge in [0.05, 0.1) is 6.42 Å². The van der Waals surface area contributed by atoms with E-state index in [1.165, 1.54) is 12.5 Å². The van der Waals surface area contributed by atoms with Crippen LogP contribution in [-0.2, 0) is 9.59 Å². The van der Waals surface area contributed by atoms with E-state index >= 15 is 0 Å². The predicted octanol–water partition coefficient (Wildman–Crippen LogP) is 3.12. The standard InChI is InChI=1S/C14H19NO2/c1-4-10(2)12-5-7-13(8-6-12)15-14(17)9-11(3)16/h5-8,10H,4,9H2,1-3H3,(H,15,17)/t10-/m1/s1. The van der Waals surface area contributed by atoms with Crippen molar-refractivity contribution in [2.75, 3.05) is 5.32 Å². The van der Waals surface area contributed by atoms with Gasteiger partial charge in [0.15, 0.2) is 0 Å². The molecule has 1 amide bonds. The van der Waals surface area contributed by atoms with E-state index in [-0.39, 0.29) is 18.1 Å². The molecule has 1 aromatic carbocycles. The summed E-state index contributed by atoms with van der Waals surface area (Å²) < 4.78 is 0. The monoisotopic (exact) mass is 233 g/mol. The van der Waals surface area contributed by atoms with Crippen molar-refractivity contribution in [3.63, 3.8) is 0 Å². The number of ketones is 1. The Morgan fingerprint density at radius 3 is 2.29 bits per heavy atom. The number of rotatable bonds is 5. The molecule has 0 spiro atoms. The number of hydrogen-bond acceptors (Lipinski definition) is 2. The van der Waals surface area contributed by atoms with Gasteiger partial charge < -0.3 is 5.32 Å². The van der Waals surface area contributed by atoms with E-state index in [2.05, 4.69) is 19.2 Å². The first-order chi connectivity index (χ1) is 8.02. The van der Waals surface area contributed by atoms with Crippen molar-refractivity contribution >= 4 is 17.4 Å². The number of benzene rings is 1. The zero-order valence-electron chi connectivity index (χ0n) is 10.6. The summed E-state index contributed by atoms with van der Waals surface area (Å²) in [5.41, 5.74) is 2.00. The van der Waals surface area contributed by atoms with Gasteiger partial charge in [0.25, 0.3) is 0 Å². The highest BCUT2D eigenvalue weighted by molar-refractivity contribution is 6.03. The molecule has 92 valence electrons. The molecule has 0 aliphatic heterocycles. The molecule has 0 aromatic heterocycles. The topological polar surface area (TPSA) is 46.2 Å². The minimum Gasteiger partial charge on any atom is -0.326 e. The van der Waals surface area contributed by atoms with Gasteiger partial charge in [-0.05, 0) is 37.0 Å². The molecular formula is C14H19NO2. The summed E-state index contributed by atoms with van der Waals surface area (Å²) in [7, 11) is 0. The van der Waals surface area contributed by atoms with Crippen LogP contribution < -0.4 is 5.32 Å². The van der Waals surface area contributed by atoms with E-state index in [0.717, 1.165) is 12.1 Å². The third kappa shape index (κ3) is 4.39. The van der Waals surface area contributed by atoms with Gasteiger partial charge in [-0.1, -0.05) is 26.0 Å². The summed E-state index contributed by atoms with van der Waals surface area (Å²) in [6, 6.07) is 7.77. The maximum Gasteiger partial charge on any atom is 0.231 e. The van der Waals surface area contributed by atoms with Crippen LogP contribution in [-0.4, -0.2) is 11.7 Å². The van der Waals surface area contributed by atoms with Crippen molar-refractivity contribution in [1.82, 2.24) is 0 Å². The van der Waals surface area contributed by atoms with Crippen LogP contribution in [0.15, 0.2) is 24.3 Å². The fourth-order valence-corrected chi connectivity index (χ4v) is 1.56. The smallest absolute Gasteiger partial charge is 0.231 e. The summed E-state index contributed by atoms with van der Waals surface area (Å²) >= 11 is 0. The molecule has 0 radical (unpaired) electrons. The molecular weight excluding hydrogens is 214 g/mol. The quantitative estimate of drug-likeness (QED) is 0.794. The largest absolute Gasteiger partial charge is 0.326 e. The Labute approximate surface area is 102 Å². The fourth-order valence-electron chi connectivity index (χ4n) is 1.56. The fraction of sp³-hybridized carbons (Fsp3) is 0.429. The van der Waals surface area contributed by atoms with Crippen LogP contribution in [0.2, 0.25) is 0 Å². The first-order valence-electron chi connectivity index (χ1n) is 5.92. The number of anilines is 1. The number of nitrogens with one attached hydrogen (secondary N) is 1. The zero-order chi connectivity index (χ0) is 12.8. The second kappa shape index (κ2) is 6.18. The molecule has 0 unspecified atom stereocenters. The zero-order valence-corrected chi connectivity index (χ0v) is 10.6. The Kier molecular flexibility index (Phi) is 4.88. The Hall–Kier alpha value is -1.64. The lowest BCUT2D eigenvalue weighted by atomic mass is 9.99. The van der Waals surface area contributed by atoms with Crippen molar-refractivity contribution in [1.29, 1.82) is 0 Å². The average Bonchev–Trinajstić information content (AvgIpc) is 2.28. The Morgan fingerprint density at radius 1 is 1.24 bits per heavy atom. The summed E-state index contributed by atoms with van der Waals surface area (Å²) in [6.07, 6.45) is 1.03.